The summed E-state index contributed by atoms with van der Waals surface area (Å²) in [6.07, 6.45) is 14.0. The van der Waals surface area contributed by atoms with Crippen molar-refractivity contribution in [3.8, 4) is 0 Å². The highest BCUT2D eigenvalue weighted by molar-refractivity contribution is 7.99. The maximum Gasteiger partial charge on any atom is 0.0658 e. The van der Waals surface area contributed by atoms with Crippen LogP contribution in [0.2, 0.25) is 0 Å². The summed E-state index contributed by atoms with van der Waals surface area (Å²) < 4.78 is 0. The summed E-state index contributed by atoms with van der Waals surface area (Å²) in [5.74, 6) is 3.99. The molecule has 2 N–H and O–H groups in total. The van der Waals surface area contributed by atoms with Gasteiger partial charge >= 0.3 is 0 Å². The van der Waals surface area contributed by atoms with Gasteiger partial charge in [-0.25, -0.2) is 0 Å². The van der Waals surface area contributed by atoms with E-state index in [1.54, 1.807) is 5.57 Å². The lowest BCUT2D eigenvalue weighted by molar-refractivity contribution is -0.0225. The van der Waals surface area contributed by atoms with E-state index in [0.717, 1.165) is 31.6 Å². The van der Waals surface area contributed by atoms with Gasteiger partial charge in [-0.05, 0) is 105 Å². The van der Waals surface area contributed by atoms with Crippen molar-refractivity contribution in [1.82, 2.24) is 0 Å². The van der Waals surface area contributed by atoms with Crippen LogP contribution in [0.25, 0.3) is 0 Å². The monoisotopic (exact) mass is 494 g/mol. The van der Waals surface area contributed by atoms with Gasteiger partial charge in [0.25, 0.3) is 0 Å². The smallest absolute Gasteiger partial charge is 0.0658 e. The van der Waals surface area contributed by atoms with Crippen LogP contribution in [0.4, 0.5) is 0 Å². The van der Waals surface area contributed by atoms with Crippen LogP contribution < -0.4 is 0 Å². The Balaban J connectivity index is 1.24. The maximum atomic E-state index is 10.6. The van der Waals surface area contributed by atoms with Crippen LogP contribution in [0.1, 0.15) is 97.0 Å². The summed E-state index contributed by atoms with van der Waals surface area (Å²) >= 11 is 2.05. The van der Waals surface area contributed by atoms with Gasteiger partial charge in [-0.15, -0.1) is 11.8 Å². The third kappa shape index (κ3) is 4.94. The highest BCUT2D eigenvalue weighted by Crippen LogP contribution is 2.60. The molecule has 0 aliphatic heterocycles. The minimum Gasteiger partial charge on any atom is -0.392 e. The molecule has 35 heavy (non-hydrogen) atoms. The van der Waals surface area contributed by atoms with Gasteiger partial charge in [-0.3, -0.25) is 0 Å². The van der Waals surface area contributed by atoms with Gasteiger partial charge in [0.2, 0.25) is 0 Å². The Morgan fingerprint density at radius 3 is 2.46 bits per heavy atom. The number of allylic oxidation sites excluding steroid dienone is 3. The third-order valence-electron chi connectivity index (χ3n) is 10.4. The van der Waals surface area contributed by atoms with Crippen LogP contribution in [0.5, 0.6) is 0 Å². The molecule has 5 rings (SSSR count). The molecule has 0 radical (unpaired) electrons. The van der Waals surface area contributed by atoms with Crippen LogP contribution in [0, 0.1) is 28.6 Å². The molecule has 0 heterocycles. The topological polar surface area (TPSA) is 40.5 Å². The molecule has 3 heteroatoms. The Morgan fingerprint density at radius 2 is 1.77 bits per heavy atom. The third-order valence-corrected chi connectivity index (χ3v) is 11.6. The largest absolute Gasteiger partial charge is 0.392 e. The normalized spacial score (nSPS) is 36.0. The van der Waals surface area contributed by atoms with Gasteiger partial charge in [0.15, 0.2) is 0 Å². The maximum absolute atomic E-state index is 10.6. The van der Waals surface area contributed by atoms with E-state index in [2.05, 4.69) is 64.1 Å². The minimum atomic E-state index is -0.358. The molecule has 4 aliphatic rings. The second-order valence-corrected chi connectivity index (χ2v) is 13.9. The van der Waals surface area contributed by atoms with Gasteiger partial charge in [0.1, 0.15) is 0 Å². The van der Waals surface area contributed by atoms with Gasteiger partial charge < -0.3 is 10.2 Å². The molecule has 0 aromatic heterocycles. The Labute approximate surface area is 217 Å². The lowest BCUT2D eigenvalue weighted by Gasteiger charge is -2.44. The number of aliphatic hydroxyl groups excluding tert-OH is 2. The summed E-state index contributed by atoms with van der Waals surface area (Å²) in [6.45, 7) is 9.63. The first-order valence-electron chi connectivity index (χ1n) is 14.2. The Bertz CT molecular complexity index is 958. The van der Waals surface area contributed by atoms with Gasteiger partial charge in [0, 0.05) is 16.1 Å². The predicted octanol–water partition coefficient (Wildman–Crippen LogP) is 7.90. The fourth-order valence-electron chi connectivity index (χ4n) is 7.90. The van der Waals surface area contributed by atoms with E-state index >= 15 is 0 Å². The molecule has 1 aromatic rings. The van der Waals surface area contributed by atoms with Crippen molar-refractivity contribution < 1.29 is 10.2 Å². The van der Waals surface area contributed by atoms with Crippen LogP contribution in [-0.2, 0) is 0 Å². The minimum absolute atomic E-state index is 0.170. The molecule has 3 unspecified atom stereocenters. The molecule has 1 aromatic carbocycles. The molecule has 0 amide bonds. The molecule has 2 nitrogen and oxygen atoms in total. The van der Waals surface area contributed by atoms with Crippen LogP contribution in [0.15, 0.2) is 52.5 Å². The van der Waals surface area contributed by atoms with E-state index in [9.17, 15) is 10.2 Å². The van der Waals surface area contributed by atoms with Crippen LogP contribution >= 0.6 is 11.8 Å². The molecule has 4 aliphatic carbocycles. The lowest BCUT2D eigenvalue weighted by atomic mass is 9.61. The van der Waals surface area contributed by atoms with Crippen molar-refractivity contribution in [3.05, 3.63) is 53.1 Å². The highest BCUT2D eigenvalue weighted by Gasteiger charge is 2.56. The average Bonchev–Trinajstić information content (AvgIpc) is 3.56. The van der Waals surface area contributed by atoms with E-state index in [0.29, 0.717) is 23.2 Å². The van der Waals surface area contributed by atoms with Gasteiger partial charge in [-0.1, -0.05) is 63.1 Å². The highest BCUT2D eigenvalue weighted by atomic mass is 32.2. The quantitative estimate of drug-likeness (QED) is 0.395. The number of aliphatic hydroxyl groups is 2. The molecule has 1 spiro atoms. The van der Waals surface area contributed by atoms with E-state index in [-0.39, 0.29) is 17.6 Å². The van der Waals surface area contributed by atoms with Gasteiger partial charge in [-0.2, -0.15) is 0 Å². The van der Waals surface area contributed by atoms with Crippen LogP contribution in [0.3, 0.4) is 0 Å². The summed E-state index contributed by atoms with van der Waals surface area (Å²) in [5.41, 5.74) is 4.55. The molecule has 0 bridgehead atoms. The van der Waals surface area contributed by atoms with Crippen molar-refractivity contribution in [2.75, 3.05) is 5.75 Å². The fraction of sp³-hybridized carbons (Fsp3) is 0.688. The second kappa shape index (κ2) is 10.0. The molecule has 0 saturated heterocycles. The van der Waals surface area contributed by atoms with Gasteiger partial charge in [0.05, 0.1) is 12.2 Å². The summed E-state index contributed by atoms with van der Waals surface area (Å²) in [5, 5.41) is 21.2. The number of hydrogen-bond acceptors (Lipinski definition) is 3. The summed E-state index contributed by atoms with van der Waals surface area (Å²) in [6, 6.07) is 9.14. The molecular weight excluding hydrogens is 448 g/mol. The SMILES string of the molecule is CC(C)c1cccc(SC[C@H](C)C2CCC3/C(=C/C=C4C[C@@H](O)C5(CC5)[C@H](O)C4)CCCC32C)c1. The zero-order valence-corrected chi connectivity index (χ0v) is 23.1. The molecule has 4 fully saturated rings. The molecular formula is C32H46O2S. The number of hydrogen-bond donors (Lipinski definition) is 2. The first kappa shape index (κ1) is 25.6. The van der Waals surface area contributed by atoms with E-state index in [1.165, 1.54) is 53.9 Å². The average molecular weight is 495 g/mol. The van der Waals surface area contributed by atoms with Crippen molar-refractivity contribution in [2.24, 2.45) is 28.6 Å². The number of benzene rings is 1. The molecule has 4 saturated carbocycles. The fourth-order valence-corrected chi connectivity index (χ4v) is 8.98. The first-order chi connectivity index (χ1) is 16.7. The first-order valence-corrected chi connectivity index (χ1v) is 15.2. The second-order valence-electron chi connectivity index (χ2n) is 12.9. The van der Waals surface area contributed by atoms with E-state index in [1.807, 2.05) is 11.8 Å². The van der Waals surface area contributed by atoms with Crippen LogP contribution in [-0.4, -0.2) is 28.2 Å². The number of thioether (sulfide) groups is 1. The molecule has 192 valence electrons. The number of fused-ring (bicyclic) bond motifs is 1. The Morgan fingerprint density at radius 1 is 1.03 bits per heavy atom. The number of rotatable bonds is 6. The van der Waals surface area contributed by atoms with Crippen molar-refractivity contribution in [3.63, 3.8) is 0 Å². The molecule has 6 atom stereocenters. The van der Waals surface area contributed by atoms with Crippen molar-refractivity contribution in [2.45, 2.75) is 109 Å². The summed E-state index contributed by atoms with van der Waals surface area (Å²) in [4.78, 5) is 1.42. The zero-order chi connectivity index (χ0) is 24.8. The van der Waals surface area contributed by atoms with Crippen molar-refractivity contribution in [1.29, 1.82) is 0 Å². The van der Waals surface area contributed by atoms with E-state index in [4.69, 9.17) is 0 Å². The Hall–Kier alpha value is -1.03. The lowest BCUT2D eigenvalue weighted by Crippen LogP contribution is -2.38. The van der Waals surface area contributed by atoms with Crippen molar-refractivity contribution >= 4 is 11.8 Å². The zero-order valence-electron chi connectivity index (χ0n) is 22.3. The summed E-state index contributed by atoms with van der Waals surface area (Å²) in [7, 11) is 0. The predicted molar refractivity (Wildman–Crippen MR) is 148 cm³/mol. The standard InChI is InChI=1S/C32H46O2S/c1-21(2)25-7-5-9-26(19-25)35-20-22(3)27-12-13-28-24(8-6-14-31(27,28)4)11-10-23-17-29(33)32(15-16-32)30(34)18-23/h5,7,9-11,19,21-22,27-30,33-34H,6,8,12-18,20H2,1-4H3/b24-11+/t22-,27?,28?,29+,30+,31?/m0/s1. The van der Waals surface area contributed by atoms with E-state index < -0.39 is 0 Å². The Kier molecular flexibility index (Phi) is 7.34.